The fraction of sp³-hybridized carbons (Fsp3) is 0.600. The predicted octanol–water partition coefficient (Wildman–Crippen LogP) is 2.60. The molecule has 0 unspecified atom stereocenters. The Morgan fingerprint density at radius 3 is 2.93 bits per heavy atom. The van der Waals surface area contributed by atoms with E-state index in [0.717, 1.165) is 47.6 Å². The number of hydrogen-bond donors (Lipinski definition) is 1. The number of furan rings is 1. The molecule has 0 spiro atoms. The largest absolute Gasteiger partial charge is 0.452 e. The zero-order chi connectivity index (χ0) is 10.7. The Morgan fingerprint density at radius 1 is 1.33 bits per heavy atom. The van der Waals surface area contributed by atoms with Crippen LogP contribution in [0.2, 0.25) is 0 Å². The van der Waals surface area contributed by atoms with E-state index in [2.05, 4.69) is 42.1 Å². The molecule has 0 aliphatic carbocycles. The van der Waals surface area contributed by atoms with Crippen LogP contribution in [0.4, 0.5) is 0 Å². The third kappa shape index (κ3) is 3.31. The lowest BCUT2D eigenvalue weighted by Gasteiger charge is -2.17. The second-order valence-corrected chi connectivity index (χ2v) is 5.29. The minimum absolute atomic E-state index is 0.783. The van der Waals surface area contributed by atoms with Crippen molar-refractivity contribution in [2.24, 2.45) is 0 Å². The summed E-state index contributed by atoms with van der Waals surface area (Å²) in [6.07, 6.45) is 1.21. The van der Waals surface area contributed by atoms with Crippen molar-refractivity contribution >= 4 is 31.9 Å². The molecule has 0 saturated carbocycles. The monoisotopic (exact) mass is 336 g/mol. The zero-order valence-corrected chi connectivity index (χ0v) is 11.6. The highest BCUT2D eigenvalue weighted by molar-refractivity contribution is 9.13. The summed E-state index contributed by atoms with van der Waals surface area (Å²) in [5.74, 6) is 1.01. The Bertz CT molecular complexity index is 300. The molecule has 2 heterocycles. The van der Waals surface area contributed by atoms with Gasteiger partial charge in [0.2, 0.25) is 0 Å². The molecule has 5 heteroatoms. The lowest BCUT2D eigenvalue weighted by molar-refractivity contribution is 0.257. The standard InChI is InChI=1S/C10H14Br2N2O/c11-9-6-8(15-10(9)12)7-14-4-1-2-13-3-5-14/h6,13H,1-5,7H2. The maximum Gasteiger partial charge on any atom is 0.183 e. The maximum atomic E-state index is 5.57. The van der Waals surface area contributed by atoms with Gasteiger partial charge in [-0.3, -0.25) is 4.90 Å². The van der Waals surface area contributed by atoms with Gasteiger partial charge in [0.1, 0.15) is 5.76 Å². The van der Waals surface area contributed by atoms with E-state index >= 15 is 0 Å². The smallest absolute Gasteiger partial charge is 0.183 e. The van der Waals surface area contributed by atoms with E-state index in [1.165, 1.54) is 6.42 Å². The van der Waals surface area contributed by atoms with E-state index in [9.17, 15) is 0 Å². The maximum absolute atomic E-state index is 5.57. The van der Waals surface area contributed by atoms with Gasteiger partial charge >= 0.3 is 0 Å². The summed E-state index contributed by atoms with van der Waals surface area (Å²) >= 11 is 6.78. The van der Waals surface area contributed by atoms with Crippen molar-refractivity contribution in [3.63, 3.8) is 0 Å². The molecular formula is C10H14Br2N2O. The van der Waals surface area contributed by atoms with Crippen LogP contribution in [0.15, 0.2) is 19.6 Å². The van der Waals surface area contributed by atoms with Crippen molar-refractivity contribution < 1.29 is 4.42 Å². The fourth-order valence-corrected chi connectivity index (χ4v) is 2.41. The summed E-state index contributed by atoms with van der Waals surface area (Å²) in [6, 6.07) is 2.03. The summed E-state index contributed by atoms with van der Waals surface area (Å²) < 4.78 is 7.34. The highest BCUT2D eigenvalue weighted by Gasteiger charge is 2.12. The van der Waals surface area contributed by atoms with Gasteiger partial charge in [-0.2, -0.15) is 0 Å². The predicted molar refractivity (Wildman–Crippen MR) is 66.9 cm³/mol. The number of nitrogens with zero attached hydrogens (tertiary/aromatic N) is 1. The highest BCUT2D eigenvalue weighted by Crippen LogP contribution is 2.27. The minimum atomic E-state index is 0.783. The Kier molecular flexibility index (Phi) is 4.25. The lowest BCUT2D eigenvalue weighted by Crippen LogP contribution is -2.27. The molecule has 1 N–H and O–H groups in total. The fourth-order valence-electron chi connectivity index (χ4n) is 1.75. The number of hydrogen-bond acceptors (Lipinski definition) is 3. The van der Waals surface area contributed by atoms with Gasteiger partial charge in [-0.15, -0.1) is 0 Å². The van der Waals surface area contributed by atoms with Crippen LogP contribution in [0.3, 0.4) is 0 Å². The lowest BCUT2D eigenvalue weighted by atomic mass is 10.3. The summed E-state index contributed by atoms with van der Waals surface area (Å²) in [4.78, 5) is 2.41. The second-order valence-electron chi connectivity index (χ2n) is 3.71. The molecule has 1 aliphatic heterocycles. The van der Waals surface area contributed by atoms with Crippen molar-refractivity contribution in [1.29, 1.82) is 0 Å². The molecular weight excluding hydrogens is 324 g/mol. The SMILES string of the molecule is Brc1cc(CN2CCCNCC2)oc1Br. The van der Waals surface area contributed by atoms with Crippen LogP contribution < -0.4 is 5.32 Å². The van der Waals surface area contributed by atoms with Gasteiger partial charge in [0.25, 0.3) is 0 Å². The molecule has 0 atom stereocenters. The molecule has 0 aromatic carbocycles. The third-order valence-electron chi connectivity index (χ3n) is 2.51. The van der Waals surface area contributed by atoms with Crippen LogP contribution in [0.5, 0.6) is 0 Å². The van der Waals surface area contributed by atoms with Crippen molar-refractivity contribution in [3.05, 3.63) is 21.0 Å². The van der Waals surface area contributed by atoms with E-state index in [0.29, 0.717) is 0 Å². The van der Waals surface area contributed by atoms with Gasteiger partial charge in [-0.05, 0) is 57.4 Å². The second kappa shape index (κ2) is 5.48. The van der Waals surface area contributed by atoms with Crippen LogP contribution in [0.1, 0.15) is 12.2 Å². The molecule has 84 valence electrons. The molecule has 15 heavy (non-hydrogen) atoms. The van der Waals surface area contributed by atoms with Gasteiger partial charge in [-0.25, -0.2) is 0 Å². The van der Waals surface area contributed by atoms with E-state index < -0.39 is 0 Å². The van der Waals surface area contributed by atoms with Crippen molar-refractivity contribution in [2.75, 3.05) is 26.2 Å². The normalized spacial score (nSPS) is 19.1. The van der Waals surface area contributed by atoms with Crippen molar-refractivity contribution in [1.82, 2.24) is 10.2 Å². The molecule has 1 aromatic heterocycles. The molecule has 2 rings (SSSR count). The molecule has 0 bridgehead atoms. The van der Waals surface area contributed by atoms with Crippen LogP contribution in [-0.2, 0) is 6.54 Å². The Labute approximate surface area is 106 Å². The van der Waals surface area contributed by atoms with E-state index in [4.69, 9.17) is 4.42 Å². The van der Waals surface area contributed by atoms with Gasteiger partial charge in [0.15, 0.2) is 4.67 Å². The molecule has 3 nitrogen and oxygen atoms in total. The first kappa shape index (κ1) is 11.6. The average molecular weight is 338 g/mol. The first-order valence-electron chi connectivity index (χ1n) is 5.12. The van der Waals surface area contributed by atoms with E-state index in [1.807, 2.05) is 6.07 Å². The van der Waals surface area contributed by atoms with Crippen LogP contribution in [-0.4, -0.2) is 31.1 Å². The number of nitrogens with one attached hydrogen (secondary N) is 1. The van der Waals surface area contributed by atoms with E-state index in [1.54, 1.807) is 0 Å². The Morgan fingerprint density at radius 2 is 2.20 bits per heavy atom. The molecule has 1 aliphatic rings. The van der Waals surface area contributed by atoms with Crippen LogP contribution in [0, 0.1) is 0 Å². The molecule has 1 aromatic rings. The van der Waals surface area contributed by atoms with Crippen molar-refractivity contribution in [3.8, 4) is 0 Å². The molecule has 0 amide bonds. The minimum Gasteiger partial charge on any atom is -0.452 e. The number of rotatable bonds is 2. The van der Waals surface area contributed by atoms with Crippen LogP contribution in [0.25, 0.3) is 0 Å². The highest BCUT2D eigenvalue weighted by atomic mass is 79.9. The third-order valence-corrected chi connectivity index (χ3v) is 4.22. The average Bonchev–Trinajstić information content (AvgIpc) is 2.45. The summed E-state index contributed by atoms with van der Waals surface area (Å²) in [7, 11) is 0. The quantitative estimate of drug-likeness (QED) is 0.899. The zero-order valence-electron chi connectivity index (χ0n) is 8.43. The molecule has 1 fully saturated rings. The summed E-state index contributed by atoms with van der Waals surface area (Å²) in [5, 5.41) is 3.39. The molecule has 1 saturated heterocycles. The van der Waals surface area contributed by atoms with Gasteiger partial charge in [-0.1, -0.05) is 0 Å². The van der Waals surface area contributed by atoms with Gasteiger partial charge in [0.05, 0.1) is 11.0 Å². The summed E-state index contributed by atoms with van der Waals surface area (Å²) in [5.41, 5.74) is 0. The first-order chi connectivity index (χ1) is 7.25. The van der Waals surface area contributed by atoms with Gasteiger partial charge < -0.3 is 9.73 Å². The first-order valence-corrected chi connectivity index (χ1v) is 6.71. The van der Waals surface area contributed by atoms with Crippen LogP contribution >= 0.6 is 31.9 Å². The van der Waals surface area contributed by atoms with Crippen molar-refractivity contribution in [2.45, 2.75) is 13.0 Å². The number of halogens is 2. The Balaban J connectivity index is 1.95. The summed E-state index contributed by atoms with van der Waals surface area (Å²) in [6.45, 7) is 5.33. The topological polar surface area (TPSA) is 28.4 Å². The van der Waals surface area contributed by atoms with E-state index in [-0.39, 0.29) is 0 Å². The Hall–Kier alpha value is 0.160. The molecule has 0 radical (unpaired) electrons. The van der Waals surface area contributed by atoms with Gasteiger partial charge in [0, 0.05) is 13.1 Å².